The SMILES string of the molecule is O=C(Nc1ccccn1)c1cccc(S(=O)(=O)N2Cc3ccc(Cl)cc3CC(=O)[C@H]2Cc2ccccn2)c1. The summed E-state index contributed by atoms with van der Waals surface area (Å²) in [6.45, 7) is -0.0254. The first-order chi connectivity index (χ1) is 18.3. The third kappa shape index (κ3) is 5.50. The number of aromatic nitrogens is 2. The van der Waals surface area contributed by atoms with Crippen molar-refractivity contribution in [2.75, 3.05) is 5.32 Å². The van der Waals surface area contributed by atoms with E-state index in [0.717, 1.165) is 0 Å². The van der Waals surface area contributed by atoms with E-state index in [0.29, 0.717) is 27.7 Å². The van der Waals surface area contributed by atoms with Crippen LogP contribution in [0.1, 0.15) is 27.2 Å². The van der Waals surface area contributed by atoms with E-state index in [1.807, 2.05) is 0 Å². The Hall–Kier alpha value is -3.92. The molecule has 1 aliphatic heterocycles. The topological polar surface area (TPSA) is 109 Å². The summed E-state index contributed by atoms with van der Waals surface area (Å²) in [5.74, 6) is -0.420. The van der Waals surface area contributed by atoms with Crippen molar-refractivity contribution in [2.24, 2.45) is 0 Å². The monoisotopic (exact) mass is 546 g/mol. The maximum Gasteiger partial charge on any atom is 0.256 e. The molecule has 3 heterocycles. The smallest absolute Gasteiger partial charge is 0.256 e. The number of rotatable bonds is 6. The molecule has 0 aliphatic carbocycles. The Kier molecular flexibility index (Phi) is 7.33. The molecule has 4 aromatic rings. The fourth-order valence-corrected chi connectivity index (χ4v) is 6.23. The average Bonchev–Trinajstić information content (AvgIpc) is 3.06. The van der Waals surface area contributed by atoms with Gasteiger partial charge in [-0.25, -0.2) is 13.4 Å². The molecule has 0 saturated carbocycles. The molecule has 0 bridgehead atoms. The predicted molar refractivity (Wildman–Crippen MR) is 143 cm³/mol. The molecular formula is C28H23ClN4O4S. The van der Waals surface area contributed by atoms with E-state index >= 15 is 0 Å². The zero-order chi connectivity index (χ0) is 26.7. The van der Waals surface area contributed by atoms with Crippen LogP contribution in [0.4, 0.5) is 5.82 Å². The third-order valence-corrected chi connectivity index (χ3v) is 8.40. The van der Waals surface area contributed by atoms with Gasteiger partial charge in [0.25, 0.3) is 5.91 Å². The number of fused-ring (bicyclic) bond motifs is 1. The van der Waals surface area contributed by atoms with Crippen molar-refractivity contribution in [1.82, 2.24) is 14.3 Å². The number of anilines is 1. The standard InChI is InChI=1S/C28H23ClN4O4S/c29-22-11-10-20-18-33(25(26(34)16-21(20)14-22)17-23-7-1-3-12-30-23)38(36,37)24-8-5-6-19(15-24)28(35)32-27-9-2-4-13-31-27/h1-15,25H,16-18H2,(H,31,32,35)/t25-/m1/s1. The number of pyridine rings is 2. The van der Waals surface area contributed by atoms with Gasteiger partial charge in [0.2, 0.25) is 10.0 Å². The van der Waals surface area contributed by atoms with E-state index in [1.54, 1.807) is 67.0 Å². The molecule has 38 heavy (non-hydrogen) atoms. The summed E-state index contributed by atoms with van der Waals surface area (Å²) in [5.41, 5.74) is 2.12. The second kappa shape index (κ2) is 10.8. The van der Waals surface area contributed by atoms with Crippen LogP contribution in [-0.4, -0.2) is 40.4 Å². The summed E-state index contributed by atoms with van der Waals surface area (Å²) in [5, 5.41) is 3.13. The molecule has 1 atom stereocenters. The molecule has 0 fully saturated rings. The highest BCUT2D eigenvalue weighted by Gasteiger charge is 2.39. The van der Waals surface area contributed by atoms with Gasteiger partial charge < -0.3 is 5.32 Å². The van der Waals surface area contributed by atoms with Crippen molar-refractivity contribution >= 4 is 39.1 Å². The molecule has 2 aromatic heterocycles. The summed E-state index contributed by atoms with van der Waals surface area (Å²) in [6.07, 6.45) is 3.31. The Bertz CT molecular complexity index is 1600. The molecule has 1 amide bonds. The first-order valence-electron chi connectivity index (χ1n) is 11.9. The van der Waals surface area contributed by atoms with Crippen molar-refractivity contribution in [1.29, 1.82) is 0 Å². The van der Waals surface area contributed by atoms with E-state index in [-0.39, 0.29) is 35.6 Å². The fourth-order valence-electron chi connectivity index (χ4n) is 4.40. The van der Waals surface area contributed by atoms with Gasteiger partial charge in [-0.05, 0) is 65.7 Å². The number of nitrogens with one attached hydrogen (secondary N) is 1. The van der Waals surface area contributed by atoms with Gasteiger partial charge in [0.05, 0.1) is 10.9 Å². The highest BCUT2D eigenvalue weighted by molar-refractivity contribution is 7.89. The highest BCUT2D eigenvalue weighted by Crippen LogP contribution is 2.30. The van der Waals surface area contributed by atoms with E-state index in [1.165, 1.54) is 28.6 Å². The van der Waals surface area contributed by atoms with E-state index < -0.39 is 22.0 Å². The van der Waals surface area contributed by atoms with Gasteiger partial charge in [0.15, 0.2) is 5.78 Å². The molecular weight excluding hydrogens is 524 g/mol. The largest absolute Gasteiger partial charge is 0.307 e. The second-order valence-corrected chi connectivity index (χ2v) is 11.2. The van der Waals surface area contributed by atoms with Crippen molar-refractivity contribution in [3.63, 3.8) is 0 Å². The van der Waals surface area contributed by atoms with Crippen LogP contribution < -0.4 is 5.32 Å². The minimum Gasteiger partial charge on any atom is -0.307 e. The number of hydrogen-bond acceptors (Lipinski definition) is 6. The number of nitrogens with zero attached hydrogens (tertiary/aromatic N) is 3. The van der Waals surface area contributed by atoms with Crippen molar-refractivity contribution in [3.05, 3.63) is 119 Å². The summed E-state index contributed by atoms with van der Waals surface area (Å²) >= 11 is 6.18. The summed E-state index contributed by atoms with van der Waals surface area (Å²) < 4.78 is 29.4. The molecule has 0 radical (unpaired) electrons. The number of carbonyl (C=O) groups is 2. The Labute approximate surface area is 225 Å². The molecule has 5 rings (SSSR count). The maximum atomic E-state index is 14.1. The lowest BCUT2D eigenvalue weighted by atomic mass is 10.00. The lowest BCUT2D eigenvalue weighted by molar-refractivity contribution is -0.121. The van der Waals surface area contributed by atoms with Gasteiger partial charge in [0.1, 0.15) is 5.82 Å². The third-order valence-electron chi connectivity index (χ3n) is 6.32. The minimum absolute atomic E-state index is 0.0254. The lowest BCUT2D eigenvalue weighted by Gasteiger charge is -2.28. The number of benzene rings is 2. The molecule has 0 saturated heterocycles. The number of halogens is 1. The molecule has 0 unspecified atom stereocenters. The van der Waals surface area contributed by atoms with Crippen LogP contribution in [0.2, 0.25) is 5.02 Å². The maximum absolute atomic E-state index is 14.1. The predicted octanol–water partition coefficient (Wildman–Crippen LogP) is 4.31. The quantitative estimate of drug-likeness (QED) is 0.386. The Balaban J connectivity index is 1.53. The number of ketones is 1. The molecule has 10 heteroatoms. The Morgan fingerprint density at radius 3 is 2.47 bits per heavy atom. The number of carbonyl (C=O) groups excluding carboxylic acids is 2. The number of Topliss-reactive ketones (excluding diaryl/α,β-unsaturated/α-hetero) is 1. The van der Waals surface area contributed by atoms with Gasteiger partial charge in [-0.15, -0.1) is 0 Å². The number of amides is 1. The van der Waals surface area contributed by atoms with Crippen LogP contribution in [0.3, 0.4) is 0 Å². The molecule has 1 N–H and O–H groups in total. The number of hydrogen-bond donors (Lipinski definition) is 1. The summed E-state index contributed by atoms with van der Waals surface area (Å²) in [6, 6.07) is 20.3. The van der Waals surface area contributed by atoms with Crippen LogP contribution in [0.15, 0.2) is 96.2 Å². The zero-order valence-electron chi connectivity index (χ0n) is 20.1. The highest BCUT2D eigenvalue weighted by atomic mass is 35.5. The Morgan fingerprint density at radius 1 is 0.947 bits per heavy atom. The van der Waals surface area contributed by atoms with Crippen LogP contribution in [0.5, 0.6) is 0 Å². The normalized spacial score (nSPS) is 15.9. The van der Waals surface area contributed by atoms with Crippen molar-refractivity contribution in [2.45, 2.75) is 30.3 Å². The first kappa shape index (κ1) is 25.7. The fraction of sp³-hybridized carbons (Fsp3) is 0.143. The van der Waals surface area contributed by atoms with Gasteiger partial charge in [-0.1, -0.05) is 35.9 Å². The molecule has 8 nitrogen and oxygen atoms in total. The molecule has 192 valence electrons. The van der Waals surface area contributed by atoms with E-state index in [4.69, 9.17) is 11.6 Å². The van der Waals surface area contributed by atoms with Gasteiger partial charge in [0, 0.05) is 48.1 Å². The van der Waals surface area contributed by atoms with Crippen LogP contribution in [0.25, 0.3) is 0 Å². The zero-order valence-corrected chi connectivity index (χ0v) is 21.7. The lowest BCUT2D eigenvalue weighted by Crippen LogP contribution is -2.45. The van der Waals surface area contributed by atoms with Gasteiger partial charge >= 0.3 is 0 Å². The Morgan fingerprint density at radius 2 is 1.74 bits per heavy atom. The summed E-state index contributed by atoms with van der Waals surface area (Å²) in [7, 11) is -4.21. The first-order valence-corrected chi connectivity index (χ1v) is 13.7. The van der Waals surface area contributed by atoms with Gasteiger partial charge in [-0.3, -0.25) is 14.6 Å². The van der Waals surface area contributed by atoms with Crippen LogP contribution in [-0.2, 0) is 34.2 Å². The van der Waals surface area contributed by atoms with Crippen LogP contribution >= 0.6 is 11.6 Å². The second-order valence-electron chi connectivity index (χ2n) is 8.84. The van der Waals surface area contributed by atoms with Crippen molar-refractivity contribution in [3.8, 4) is 0 Å². The number of sulfonamides is 1. The van der Waals surface area contributed by atoms with E-state index in [9.17, 15) is 18.0 Å². The van der Waals surface area contributed by atoms with E-state index in [2.05, 4.69) is 15.3 Å². The van der Waals surface area contributed by atoms with Crippen molar-refractivity contribution < 1.29 is 18.0 Å². The molecule has 0 spiro atoms. The summed E-state index contributed by atoms with van der Waals surface area (Å²) in [4.78, 5) is 34.6. The van der Waals surface area contributed by atoms with Crippen LogP contribution in [0, 0.1) is 0 Å². The molecule has 1 aliphatic rings. The molecule has 2 aromatic carbocycles. The van der Waals surface area contributed by atoms with Gasteiger partial charge in [-0.2, -0.15) is 4.31 Å². The average molecular weight is 547 g/mol. The minimum atomic E-state index is -4.21.